The van der Waals surface area contributed by atoms with Gasteiger partial charge >= 0.3 is 0 Å². The van der Waals surface area contributed by atoms with Crippen molar-refractivity contribution in [3.8, 4) is 0 Å². The van der Waals surface area contributed by atoms with Crippen molar-refractivity contribution >= 4 is 17.5 Å². The molecular weight excluding hydrogens is 236 g/mol. The van der Waals surface area contributed by atoms with Gasteiger partial charge in [-0.2, -0.15) is 0 Å². The summed E-state index contributed by atoms with van der Waals surface area (Å²) in [4.78, 5) is 11.5. The van der Waals surface area contributed by atoms with E-state index in [0.717, 1.165) is 23.4 Å². The lowest BCUT2D eigenvalue weighted by atomic mass is 10.1. The van der Waals surface area contributed by atoms with E-state index < -0.39 is 0 Å². The van der Waals surface area contributed by atoms with Crippen molar-refractivity contribution < 1.29 is 4.79 Å². The Morgan fingerprint density at radius 2 is 2.29 bits per heavy atom. The van der Waals surface area contributed by atoms with E-state index in [1.54, 1.807) is 0 Å². The molecule has 4 heteroatoms. The second kappa shape index (κ2) is 5.52. The molecule has 1 atom stereocenters. The fourth-order valence-electron chi connectivity index (χ4n) is 1.65. The average molecular weight is 253 g/mol. The second-order valence-corrected chi connectivity index (χ2v) is 4.94. The summed E-state index contributed by atoms with van der Waals surface area (Å²) in [5.74, 6) is 0.0707. The van der Waals surface area contributed by atoms with Crippen molar-refractivity contribution in [2.45, 2.75) is 31.8 Å². The molecule has 1 unspecified atom stereocenters. The zero-order valence-electron chi connectivity index (χ0n) is 9.87. The molecule has 2 rings (SSSR count). The van der Waals surface area contributed by atoms with Crippen LogP contribution in [0.1, 0.15) is 31.4 Å². The molecule has 0 aliphatic heterocycles. The Morgan fingerprint density at radius 3 is 2.94 bits per heavy atom. The highest BCUT2D eigenvalue weighted by atomic mass is 35.5. The van der Waals surface area contributed by atoms with E-state index in [4.69, 9.17) is 11.6 Å². The van der Waals surface area contributed by atoms with Crippen molar-refractivity contribution in [1.82, 2.24) is 10.6 Å². The summed E-state index contributed by atoms with van der Waals surface area (Å²) in [6.45, 7) is 2.38. The van der Waals surface area contributed by atoms with Crippen molar-refractivity contribution in [1.29, 1.82) is 0 Å². The van der Waals surface area contributed by atoms with Gasteiger partial charge in [0.15, 0.2) is 0 Å². The number of carbonyl (C=O) groups is 1. The number of hydrogen-bond acceptors (Lipinski definition) is 2. The van der Waals surface area contributed by atoms with E-state index in [0.29, 0.717) is 12.6 Å². The van der Waals surface area contributed by atoms with E-state index >= 15 is 0 Å². The fraction of sp³-hybridized carbons (Fsp3) is 0.462. The monoisotopic (exact) mass is 252 g/mol. The molecule has 0 saturated heterocycles. The number of nitrogens with one attached hydrogen (secondary N) is 2. The Bertz CT molecular complexity index is 404. The van der Waals surface area contributed by atoms with Crippen LogP contribution in [0.25, 0.3) is 0 Å². The molecule has 1 saturated carbocycles. The maximum absolute atomic E-state index is 11.5. The molecule has 92 valence electrons. The summed E-state index contributed by atoms with van der Waals surface area (Å²) < 4.78 is 0. The van der Waals surface area contributed by atoms with Crippen LogP contribution in [0.5, 0.6) is 0 Å². The van der Waals surface area contributed by atoms with Gasteiger partial charge in [-0.15, -0.1) is 0 Å². The van der Waals surface area contributed by atoms with Crippen LogP contribution >= 0.6 is 11.6 Å². The Hall–Kier alpha value is -1.06. The molecule has 1 amide bonds. The standard InChI is InChI=1S/C13H17ClN2O/c1-9(10-3-2-4-11(14)7-10)15-8-13(17)16-12-5-6-12/h2-4,7,9,12,15H,5-6,8H2,1H3,(H,16,17). The molecule has 0 aromatic heterocycles. The first-order chi connectivity index (χ1) is 8.15. The van der Waals surface area contributed by atoms with Crippen molar-refractivity contribution in [2.75, 3.05) is 6.54 Å². The lowest BCUT2D eigenvalue weighted by Gasteiger charge is -2.14. The molecule has 0 radical (unpaired) electrons. The smallest absolute Gasteiger partial charge is 0.234 e. The average Bonchev–Trinajstić information content (AvgIpc) is 3.10. The molecule has 1 fully saturated rings. The minimum Gasteiger partial charge on any atom is -0.352 e. The third kappa shape index (κ3) is 4.02. The van der Waals surface area contributed by atoms with Crippen LogP contribution in [-0.4, -0.2) is 18.5 Å². The maximum Gasteiger partial charge on any atom is 0.234 e. The number of rotatable bonds is 5. The lowest BCUT2D eigenvalue weighted by molar-refractivity contribution is -0.120. The number of carbonyl (C=O) groups excluding carboxylic acids is 1. The summed E-state index contributed by atoms with van der Waals surface area (Å²) in [6, 6.07) is 8.22. The van der Waals surface area contributed by atoms with Gasteiger partial charge in [0.25, 0.3) is 0 Å². The van der Waals surface area contributed by atoms with E-state index in [1.807, 2.05) is 31.2 Å². The van der Waals surface area contributed by atoms with Gasteiger partial charge in [0, 0.05) is 17.1 Å². The summed E-state index contributed by atoms with van der Waals surface area (Å²) in [5.41, 5.74) is 1.09. The largest absolute Gasteiger partial charge is 0.352 e. The molecule has 1 aliphatic rings. The SMILES string of the molecule is CC(NCC(=O)NC1CC1)c1cccc(Cl)c1. The van der Waals surface area contributed by atoms with Crippen molar-refractivity contribution in [3.05, 3.63) is 34.9 Å². The highest BCUT2D eigenvalue weighted by Gasteiger charge is 2.23. The van der Waals surface area contributed by atoms with Gasteiger partial charge in [0.2, 0.25) is 5.91 Å². The van der Waals surface area contributed by atoms with Crippen molar-refractivity contribution in [2.24, 2.45) is 0 Å². The summed E-state index contributed by atoms with van der Waals surface area (Å²) in [5, 5.41) is 6.85. The first kappa shape index (κ1) is 12.4. The molecule has 0 bridgehead atoms. The Labute approximate surface area is 107 Å². The number of halogens is 1. The topological polar surface area (TPSA) is 41.1 Å². The number of benzene rings is 1. The van der Waals surface area contributed by atoms with Gasteiger partial charge in [-0.3, -0.25) is 4.79 Å². The molecule has 3 nitrogen and oxygen atoms in total. The van der Waals surface area contributed by atoms with Gasteiger partial charge in [-0.1, -0.05) is 23.7 Å². The fourth-order valence-corrected chi connectivity index (χ4v) is 1.84. The third-order valence-corrected chi connectivity index (χ3v) is 3.10. The highest BCUT2D eigenvalue weighted by molar-refractivity contribution is 6.30. The molecule has 1 aliphatic carbocycles. The van der Waals surface area contributed by atoms with Crippen LogP contribution in [0, 0.1) is 0 Å². The normalized spacial score (nSPS) is 16.6. The van der Waals surface area contributed by atoms with Gasteiger partial charge in [-0.05, 0) is 37.5 Å². The van der Waals surface area contributed by atoms with E-state index in [2.05, 4.69) is 10.6 Å². The summed E-state index contributed by atoms with van der Waals surface area (Å²) >= 11 is 5.92. The van der Waals surface area contributed by atoms with Crippen LogP contribution in [0.4, 0.5) is 0 Å². The zero-order valence-corrected chi connectivity index (χ0v) is 10.6. The van der Waals surface area contributed by atoms with Gasteiger partial charge < -0.3 is 10.6 Å². The molecule has 1 aromatic carbocycles. The molecule has 17 heavy (non-hydrogen) atoms. The van der Waals surface area contributed by atoms with E-state index in [1.165, 1.54) is 0 Å². The lowest BCUT2D eigenvalue weighted by Crippen LogP contribution is -2.36. The molecular formula is C13H17ClN2O. The van der Waals surface area contributed by atoms with Gasteiger partial charge in [-0.25, -0.2) is 0 Å². The first-order valence-electron chi connectivity index (χ1n) is 5.93. The van der Waals surface area contributed by atoms with Crippen LogP contribution in [0.15, 0.2) is 24.3 Å². The van der Waals surface area contributed by atoms with Crippen LogP contribution < -0.4 is 10.6 Å². The summed E-state index contributed by atoms with van der Waals surface area (Å²) in [7, 11) is 0. The van der Waals surface area contributed by atoms with Gasteiger partial charge in [0.05, 0.1) is 6.54 Å². The number of hydrogen-bond donors (Lipinski definition) is 2. The Morgan fingerprint density at radius 1 is 1.53 bits per heavy atom. The first-order valence-corrected chi connectivity index (χ1v) is 6.31. The summed E-state index contributed by atoms with van der Waals surface area (Å²) in [6.07, 6.45) is 2.24. The Kier molecular flexibility index (Phi) is 4.02. The quantitative estimate of drug-likeness (QED) is 0.844. The van der Waals surface area contributed by atoms with Crippen LogP contribution in [0.2, 0.25) is 5.02 Å². The molecule has 1 aromatic rings. The Balaban J connectivity index is 1.79. The van der Waals surface area contributed by atoms with E-state index in [9.17, 15) is 4.79 Å². The molecule has 0 spiro atoms. The predicted molar refractivity (Wildman–Crippen MR) is 69.0 cm³/mol. The van der Waals surface area contributed by atoms with Crippen LogP contribution in [-0.2, 0) is 4.79 Å². The molecule has 0 heterocycles. The zero-order chi connectivity index (χ0) is 12.3. The molecule has 2 N–H and O–H groups in total. The van der Waals surface area contributed by atoms with Gasteiger partial charge in [0.1, 0.15) is 0 Å². The maximum atomic E-state index is 11.5. The number of amides is 1. The minimum atomic E-state index is 0.0707. The predicted octanol–water partition coefficient (Wildman–Crippen LogP) is 2.27. The second-order valence-electron chi connectivity index (χ2n) is 4.50. The third-order valence-electron chi connectivity index (χ3n) is 2.86. The van der Waals surface area contributed by atoms with E-state index in [-0.39, 0.29) is 11.9 Å². The van der Waals surface area contributed by atoms with Crippen molar-refractivity contribution in [3.63, 3.8) is 0 Å². The van der Waals surface area contributed by atoms with Crippen LogP contribution in [0.3, 0.4) is 0 Å². The minimum absolute atomic E-state index is 0.0707. The highest BCUT2D eigenvalue weighted by Crippen LogP contribution is 2.19.